The molecule has 0 bridgehead atoms. The summed E-state index contributed by atoms with van der Waals surface area (Å²) in [6.07, 6.45) is 5.03. The number of fused-ring (bicyclic) bond motifs is 2. The molecule has 9 heteroatoms. The molecule has 1 fully saturated rings. The highest BCUT2D eigenvalue weighted by Gasteiger charge is 2.29. The molecule has 0 aliphatic carbocycles. The second kappa shape index (κ2) is 8.62. The van der Waals surface area contributed by atoms with E-state index in [0.717, 1.165) is 47.6 Å². The van der Waals surface area contributed by atoms with Crippen molar-refractivity contribution in [2.75, 3.05) is 39.2 Å². The Morgan fingerprint density at radius 2 is 2.09 bits per heavy atom. The monoisotopic (exact) mass is 461 g/mol. The molecule has 0 aromatic carbocycles. The minimum Gasteiger partial charge on any atom is -0.493 e. The molecular weight excluding hydrogens is 430 g/mol. The lowest BCUT2D eigenvalue weighted by molar-refractivity contribution is -0.129. The van der Waals surface area contributed by atoms with Gasteiger partial charge in [-0.3, -0.25) is 4.79 Å². The van der Waals surface area contributed by atoms with E-state index >= 15 is 0 Å². The third-order valence-corrected chi connectivity index (χ3v) is 6.64. The molecule has 1 aliphatic rings. The number of hydrogen-bond donors (Lipinski definition) is 1. The van der Waals surface area contributed by atoms with E-state index < -0.39 is 0 Å². The van der Waals surface area contributed by atoms with Crippen molar-refractivity contribution < 1.29 is 9.53 Å². The minimum atomic E-state index is 0.195. The van der Waals surface area contributed by atoms with Gasteiger partial charge < -0.3 is 19.5 Å². The van der Waals surface area contributed by atoms with Crippen LogP contribution in [-0.4, -0.2) is 69.7 Å². The van der Waals surface area contributed by atoms with Gasteiger partial charge >= 0.3 is 0 Å². The molecule has 1 aliphatic heterocycles. The highest BCUT2D eigenvalue weighted by atomic mass is 16.5. The number of carbonyl (C=O) groups is 1. The number of nitrogens with zero attached hydrogens (tertiary/aromatic N) is 6. The van der Waals surface area contributed by atoms with E-state index in [0.29, 0.717) is 23.7 Å². The zero-order chi connectivity index (χ0) is 24.0. The van der Waals surface area contributed by atoms with Crippen LogP contribution in [0, 0.1) is 5.92 Å². The van der Waals surface area contributed by atoms with Crippen molar-refractivity contribution in [1.82, 2.24) is 29.5 Å². The van der Waals surface area contributed by atoms with Crippen LogP contribution in [0.5, 0.6) is 5.75 Å². The number of rotatable bonds is 7. The van der Waals surface area contributed by atoms with Gasteiger partial charge in [0.1, 0.15) is 12.1 Å². The van der Waals surface area contributed by atoms with Gasteiger partial charge in [0.25, 0.3) is 0 Å². The number of H-pyrrole nitrogens is 1. The number of carbonyl (C=O) groups excluding carboxylic acids is 1. The van der Waals surface area contributed by atoms with Crippen LogP contribution in [0.25, 0.3) is 27.9 Å². The van der Waals surface area contributed by atoms with Gasteiger partial charge in [-0.05, 0) is 36.5 Å². The molecule has 1 saturated heterocycles. The lowest BCUT2D eigenvalue weighted by Crippen LogP contribution is -2.47. The Kier molecular flexibility index (Phi) is 5.63. The summed E-state index contributed by atoms with van der Waals surface area (Å²) < 4.78 is 7.31. The number of amides is 1. The van der Waals surface area contributed by atoms with Gasteiger partial charge in [0.15, 0.2) is 11.4 Å². The minimum absolute atomic E-state index is 0.195. The van der Waals surface area contributed by atoms with Crippen molar-refractivity contribution in [3.8, 4) is 17.0 Å². The predicted molar refractivity (Wildman–Crippen MR) is 132 cm³/mol. The summed E-state index contributed by atoms with van der Waals surface area (Å²) >= 11 is 0. The average Bonchev–Trinajstić information content (AvgIpc) is 3.41. The fourth-order valence-corrected chi connectivity index (χ4v) is 4.71. The molecule has 4 aromatic rings. The van der Waals surface area contributed by atoms with Gasteiger partial charge in [-0.25, -0.2) is 14.5 Å². The van der Waals surface area contributed by atoms with E-state index in [1.54, 1.807) is 16.5 Å². The van der Waals surface area contributed by atoms with Crippen molar-refractivity contribution in [3.05, 3.63) is 36.3 Å². The summed E-state index contributed by atoms with van der Waals surface area (Å²) in [7, 11) is 5.27. The van der Waals surface area contributed by atoms with Gasteiger partial charge in [-0.1, -0.05) is 13.8 Å². The zero-order valence-electron chi connectivity index (χ0n) is 20.4. The first-order chi connectivity index (χ1) is 16.4. The maximum Gasteiger partial charge on any atom is 0.222 e. The third-order valence-electron chi connectivity index (χ3n) is 6.64. The first kappa shape index (κ1) is 22.2. The highest BCUT2D eigenvalue weighted by molar-refractivity contribution is 5.90. The standard InChI is InChI=1S/C25H31N7O2/c1-15(2)22-23(17-10-19(34-5)25-26-14-27-32(25)13-17)28-18-7-8-20(29-24(18)22)31-11-16(12-31)6-9-21(33)30(3)4/h7-8,10,13-16,28H,6,9,11-12H2,1-5H3. The third kappa shape index (κ3) is 3.85. The number of ether oxygens (including phenoxy) is 1. The lowest BCUT2D eigenvalue weighted by atomic mass is 9.94. The van der Waals surface area contributed by atoms with Crippen LogP contribution in [0.2, 0.25) is 0 Å². The summed E-state index contributed by atoms with van der Waals surface area (Å²) in [5.74, 6) is 2.66. The molecule has 5 heterocycles. The van der Waals surface area contributed by atoms with E-state index in [-0.39, 0.29) is 11.8 Å². The number of methoxy groups -OCH3 is 1. The molecule has 5 rings (SSSR count). The molecule has 0 saturated carbocycles. The first-order valence-corrected chi connectivity index (χ1v) is 11.7. The van der Waals surface area contributed by atoms with Gasteiger partial charge in [-0.15, -0.1) is 0 Å². The second-order valence-electron chi connectivity index (χ2n) is 9.56. The molecule has 0 radical (unpaired) electrons. The van der Waals surface area contributed by atoms with Crippen molar-refractivity contribution in [3.63, 3.8) is 0 Å². The molecule has 0 unspecified atom stereocenters. The molecule has 4 aromatic heterocycles. The van der Waals surface area contributed by atoms with E-state index in [2.05, 4.69) is 45.9 Å². The SMILES string of the molecule is COc1cc(-c2[nH]c3ccc(N4CC(CCC(=O)N(C)C)C4)nc3c2C(C)C)cn2ncnc12. The fraction of sp³-hybridized carbons (Fsp3) is 0.440. The summed E-state index contributed by atoms with van der Waals surface area (Å²) in [5, 5.41) is 4.31. The number of hydrogen-bond acceptors (Lipinski definition) is 6. The Labute approximate surface area is 198 Å². The smallest absolute Gasteiger partial charge is 0.222 e. The molecule has 0 spiro atoms. The zero-order valence-corrected chi connectivity index (χ0v) is 20.4. The van der Waals surface area contributed by atoms with E-state index in [1.807, 2.05) is 26.4 Å². The molecule has 9 nitrogen and oxygen atoms in total. The van der Waals surface area contributed by atoms with E-state index in [4.69, 9.17) is 9.72 Å². The predicted octanol–water partition coefficient (Wildman–Crippen LogP) is 3.71. The van der Waals surface area contributed by atoms with E-state index in [1.165, 1.54) is 11.9 Å². The van der Waals surface area contributed by atoms with Crippen LogP contribution in [-0.2, 0) is 4.79 Å². The maximum absolute atomic E-state index is 11.9. The Hall–Kier alpha value is -3.62. The van der Waals surface area contributed by atoms with Crippen molar-refractivity contribution >= 4 is 28.4 Å². The van der Waals surface area contributed by atoms with Crippen molar-refractivity contribution in [1.29, 1.82) is 0 Å². The van der Waals surface area contributed by atoms with Crippen LogP contribution >= 0.6 is 0 Å². The number of aromatic amines is 1. The van der Waals surface area contributed by atoms with Crippen LogP contribution in [0.1, 0.15) is 38.2 Å². The van der Waals surface area contributed by atoms with Crippen molar-refractivity contribution in [2.24, 2.45) is 5.92 Å². The van der Waals surface area contributed by atoms with Gasteiger partial charge in [-0.2, -0.15) is 5.10 Å². The van der Waals surface area contributed by atoms with Crippen LogP contribution < -0.4 is 9.64 Å². The van der Waals surface area contributed by atoms with Crippen LogP contribution in [0.15, 0.2) is 30.7 Å². The van der Waals surface area contributed by atoms with Gasteiger partial charge in [0.2, 0.25) is 5.91 Å². The molecule has 1 N–H and O–H groups in total. The lowest BCUT2D eigenvalue weighted by Gasteiger charge is -2.40. The van der Waals surface area contributed by atoms with Crippen LogP contribution in [0.4, 0.5) is 5.82 Å². The Balaban J connectivity index is 1.44. The maximum atomic E-state index is 11.9. The average molecular weight is 462 g/mol. The largest absolute Gasteiger partial charge is 0.493 e. The highest BCUT2D eigenvalue weighted by Crippen LogP contribution is 2.38. The van der Waals surface area contributed by atoms with Crippen molar-refractivity contribution in [2.45, 2.75) is 32.6 Å². The van der Waals surface area contributed by atoms with Gasteiger partial charge in [0.05, 0.1) is 23.8 Å². The topological polar surface area (TPSA) is 91.7 Å². The number of pyridine rings is 2. The fourth-order valence-electron chi connectivity index (χ4n) is 4.71. The molecule has 1 amide bonds. The van der Waals surface area contributed by atoms with Gasteiger partial charge in [0, 0.05) is 50.9 Å². The summed E-state index contributed by atoms with van der Waals surface area (Å²) in [6.45, 7) is 6.25. The first-order valence-electron chi connectivity index (χ1n) is 11.7. The number of anilines is 1. The normalized spacial score (nSPS) is 14.2. The Morgan fingerprint density at radius 3 is 2.79 bits per heavy atom. The molecule has 0 atom stereocenters. The quantitative estimate of drug-likeness (QED) is 0.451. The van der Waals surface area contributed by atoms with E-state index in [9.17, 15) is 4.79 Å². The Bertz CT molecular complexity index is 1350. The summed E-state index contributed by atoms with van der Waals surface area (Å²) in [4.78, 5) is 28.8. The molecule has 34 heavy (non-hydrogen) atoms. The van der Waals surface area contributed by atoms with Crippen LogP contribution in [0.3, 0.4) is 0 Å². The summed E-state index contributed by atoms with van der Waals surface area (Å²) in [5.41, 5.74) is 5.86. The number of nitrogens with one attached hydrogen (secondary N) is 1. The second-order valence-corrected chi connectivity index (χ2v) is 9.56. The molecular formula is C25H31N7O2. The summed E-state index contributed by atoms with van der Waals surface area (Å²) in [6, 6.07) is 6.19. The Morgan fingerprint density at radius 1 is 1.29 bits per heavy atom. The molecule has 178 valence electrons. The number of aromatic nitrogens is 5.